The van der Waals surface area contributed by atoms with Gasteiger partial charge in [0.1, 0.15) is 23.9 Å². The van der Waals surface area contributed by atoms with Crippen LogP contribution >= 0.6 is 11.6 Å². The average Bonchev–Trinajstić information content (AvgIpc) is 2.76. The third-order valence-corrected chi connectivity index (χ3v) is 5.04. The fourth-order valence-corrected chi connectivity index (χ4v) is 3.21. The van der Waals surface area contributed by atoms with Gasteiger partial charge in [0.05, 0.1) is 25.3 Å². The number of aliphatic hydroxyl groups is 1. The Kier molecular flexibility index (Phi) is 10.4. The third-order valence-electron chi connectivity index (χ3n) is 4.70. The van der Waals surface area contributed by atoms with Crippen molar-refractivity contribution in [1.82, 2.24) is 4.90 Å². The number of hydrogen-bond acceptors (Lipinski definition) is 5. The van der Waals surface area contributed by atoms with Gasteiger partial charge in [-0.3, -0.25) is 0 Å². The molecule has 0 aliphatic heterocycles. The summed E-state index contributed by atoms with van der Waals surface area (Å²) in [5, 5.41) is 9.54. The molecule has 0 saturated carbocycles. The first kappa shape index (κ1) is 24.8. The lowest BCUT2D eigenvalue weighted by Crippen LogP contribution is -2.36. The lowest BCUT2D eigenvalue weighted by atomic mass is 10.0. The lowest BCUT2D eigenvalue weighted by Gasteiger charge is -2.22. The van der Waals surface area contributed by atoms with Crippen molar-refractivity contribution in [2.45, 2.75) is 32.8 Å². The summed E-state index contributed by atoms with van der Waals surface area (Å²) >= 11 is 6.29. The number of rotatable bonds is 12. The van der Waals surface area contributed by atoms with Gasteiger partial charge in [-0.05, 0) is 54.8 Å². The quantitative estimate of drug-likeness (QED) is 0.466. The Bertz CT molecular complexity index is 831. The van der Waals surface area contributed by atoms with E-state index in [1.807, 2.05) is 6.92 Å². The summed E-state index contributed by atoms with van der Waals surface area (Å²) in [6.45, 7) is 2.65. The molecule has 0 fully saturated rings. The largest absolute Gasteiger partial charge is 0.497 e. The van der Waals surface area contributed by atoms with Gasteiger partial charge in [-0.2, -0.15) is 0 Å². The van der Waals surface area contributed by atoms with Gasteiger partial charge in [-0.15, -0.1) is 0 Å². The topological polar surface area (TPSA) is 68.2 Å². The van der Waals surface area contributed by atoms with E-state index < -0.39 is 11.9 Å². The first-order chi connectivity index (χ1) is 15.0. The van der Waals surface area contributed by atoms with E-state index in [-0.39, 0.29) is 31.3 Å². The summed E-state index contributed by atoms with van der Waals surface area (Å²) in [6.07, 6.45) is 1.51. The van der Waals surface area contributed by atoms with Crippen LogP contribution in [0, 0.1) is 5.82 Å². The minimum Gasteiger partial charge on any atom is -0.497 e. The molecule has 2 rings (SSSR count). The van der Waals surface area contributed by atoms with Crippen molar-refractivity contribution in [3.63, 3.8) is 0 Å². The molecule has 2 aromatic carbocycles. The van der Waals surface area contributed by atoms with Gasteiger partial charge in [-0.1, -0.05) is 24.9 Å². The molecule has 8 heteroatoms. The number of methoxy groups -OCH3 is 1. The van der Waals surface area contributed by atoms with Gasteiger partial charge in [-0.25, -0.2) is 9.18 Å². The number of carbonyl (C=O) groups excluding carboxylic acids is 1. The number of hydrogen-bond donors (Lipinski definition) is 1. The summed E-state index contributed by atoms with van der Waals surface area (Å²) in [5.74, 6) is 0.864. The number of amides is 1. The number of ether oxygens (including phenoxy) is 3. The second kappa shape index (κ2) is 13.0. The van der Waals surface area contributed by atoms with Gasteiger partial charge < -0.3 is 24.2 Å². The first-order valence-electron chi connectivity index (χ1n) is 10.2. The predicted molar refractivity (Wildman–Crippen MR) is 117 cm³/mol. The maximum atomic E-state index is 14.0. The smallest absolute Gasteiger partial charge is 0.409 e. The lowest BCUT2D eigenvalue weighted by molar-refractivity contribution is 0.0934. The van der Waals surface area contributed by atoms with E-state index in [0.29, 0.717) is 35.7 Å². The predicted octanol–water partition coefficient (Wildman–Crippen LogP) is 4.84. The number of aliphatic hydroxyl groups excluding tert-OH is 1. The maximum Gasteiger partial charge on any atom is 0.409 e. The van der Waals surface area contributed by atoms with Crippen molar-refractivity contribution in [2.75, 3.05) is 33.4 Å². The van der Waals surface area contributed by atoms with Crippen LogP contribution in [0.3, 0.4) is 0 Å². The normalized spacial score (nSPS) is 10.6. The van der Waals surface area contributed by atoms with E-state index >= 15 is 0 Å². The van der Waals surface area contributed by atoms with Crippen LogP contribution in [-0.4, -0.2) is 49.5 Å². The minimum atomic E-state index is -0.499. The molecule has 6 nitrogen and oxygen atoms in total. The highest BCUT2D eigenvalue weighted by molar-refractivity contribution is 6.31. The van der Waals surface area contributed by atoms with E-state index in [1.54, 1.807) is 31.4 Å². The SMILES string of the molecule is CCCCOC(=O)N(CCO)CCc1cc(F)cc(Cl)c1COc1ccc(OC)cc1. The zero-order chi connectivity index (χ0) is 22.6. The molecule has 0 aliphatic rings. The van der Waals surface area contributed by atoms with Crippen molar-refractivity contribution in [1.29, 1.82) is 0 Å². The highest BCUT2D eigenvalue weighted by Gasteiger charge is 2.17. The van der Waals surface area contributed by atoms with Crippen LogP contribution < -0.4 is 9.47 Å². The van der Waals surface area contributed by atoms with E-state index in [0.717, 1.165) is 12.8 Å². The average molecular weight is 454 g/mol. The molecule has 0 atom stereocenters. The van der Waals surface area contributed by atoms with E-state index in [4.69, 9.17) is 25.8 Å². The second-order valence-corrected chi connectivity index (χ2v) is 7.33. The Hall–Kier alpha value is -2.51. The third kappa shape index (κ3) is 7.92. The van der Waals surface area contributed by atoms with Crippen LogP contribution in [0.5, 0.6) is 11.5 Å². The van der Waals surface area contributed by atoms with Crippen LogP contribution in [0.4, 0.5) is 9.18 Å². The summed E-state index contributed by atoms with van der Waals surface area (Å²) in [6, 6.07) is 9.72. The zero-order valence-electron chi connectivity index (χ0n) is 17.9. The minimum absolute atomic E-state index is 0.131. The van der Waals surface area contributed by atoms with Crippen molar-refractivity contribution in [2.24, 2.45) is 0 Å². The highest BCUT2D eigenvalue weighted by Crippen LogP contribution is 2.26. The Labute approximate surface area is 187 Å². The van der Waals surface area contributed by atoms with Crippen LogP contribution in [-0.2, 0) is 17.8 Å². The van der Waals surface area contributed by atoms with Gasteiger partial charge >= 0.3 is 6.09 Å². The Balaban J connectivity index is 2.08. The highest BCUT2D eigenvalue weighted by atomic mass is 35.5. The monoisotopic (exact) mass is 453 g/mol. The molecule has 0 heterocycles. The van der Waals surface area contributed by atoms with Crippen LogP contribution in [0.25, 0.3) is 0 Å². The summed E-state index contributed by atoms with van der Waals surface area (Å²) in [4.78, 5) is 13.7. The summed E-state index contributed by atoms with van der Waals surface area (Å²) in [7, 11) is 1.58. The summed E-state index contributed by atoms with van der Waals surface area (Å²) < 4.78 is 30.2. The van der Waals surface area contributed by atoms with Crippen LogP contribution in [0.2, 0.25) is 5.02 Å². The molecule has 0 unspecified atom stereocenters. The molecule has 170 valence electrons. The number of unbranched alkanes of at least 4 members (excludes halogenated alkanes) is 1. The van der Waals surface area contributed by atoms with Crippen LogP contribution in [0.15, 0.2) is 36.4 Å². The maximum absolute atomic E-state index is 14.0. The first-order valence-corrected chi connectivity index (χ1v) is 10.6. The van der Waals surface area contributed by atoms with E-state index in [9.17, 15) is 14.3 Å². The summed E-state index contributed by atoms with van der Waals surface area (Å²) in [5.41, 5.74) is 1.27. The number of carbonyl (C=O) groups is 1. The fraction of sp³-hybridized carbons (Fsp3) is 0.435. The van der Waals surface area contributed by atoms with Gasteiger partial charge in [0.2, 0.25) is 0 Å². The van der Waals surface area contributed by atoms with Crippen molar-refractivity contribution in [3.05, 3.63) is 58.4 Å². The molecule has 0 spiro atoms. The Morgan fingerprint density at radius 3 is 2.52 bits per heavy atom. The van der Waals surface area contributed by atoms with Crippen molar-refractivity contribution >= 4 is 17.7 Å². The van der Waals surface area contributed by atoms with E-state index in [1.165, 1.54) is 17.0 Å². The van der Waals surface area contributed by atoms with Crippen molar-refractivity contribution < 1.29 is 28.5 Å². The molecular formula is C23H29ClFNO5. The van der Waals surface area contributed by atoms with Gasteiger partial charge in [0.15, 0.2) is 0 Å². The molecule has 0 saturated heterocycles. The fourth-order valence-electron chi connectivity index (χ4n) is 2.93. The molecule has 1 N–H and O–H groups in total. The zero-order valence-corrected chi connectivity index (χ0v) is 18.7. The Morgan fingerprint density at radius 1 is 1.16 bits per heavy atom. The standard InChI is InChI=1S/C23H29ClFNO5/c1-3-4-13-30-23(28)26(11-12-27)10-9-17-14-18(25)15-22(24)21(17)16-31-20-7-5-19(29-2)6-8-20/h5-8,14-15,27H,3-4,9-13,16H2,1-2H3. The Morgan fingerprint density at radius 2 is 1.87 bits per heavy atom. The van der Waals surface area contributed by atoms with Gasteiger partial charge in [0.25, 0.3) is 0 Å². The number of nitrogens with zero attached hydrogens (tertiary/aromatic N) is 1. The molecule has 0 aliphatic carbocycles. The van der Waals surface area contributed by atoms with Gasteiger partial charge in [0, 0.05) is 18.7 Å². The number of halogens is 2. The molecule has 31 heavy (non-hydrogen) atoms. The number of benzene rings is 2. The molecule has 0 bridgehead atoms. The molecule has 1 amide bonds. The molecule has 2 aromatic rings. The second-order valence-electron chi connectivity index (χ2n) is 6.92. The van der Waals surface area contributed by atoms with Crippen molar-refractivity contribution in [3.8, 4) is 11.5 Å². The van der Waals surface area contributed by atoms with Crippen LogP contribution in [0.1, 0.15) is 30.9 Å². The molecule has 0 radical (unpaired) electrons. The molecular weight excluding hydrogens is 425 g/mol. The van der Waals surface area contributed by atoms with E-state index in [2.05, 4.69) is 0 Å². The molecule has 0 aromatic heterocycles.